The first-order valence-electron chi connectivity index (χ1n) is 15.8. The normalized spacial score (nSPS) is 11.5. The predicted octanol–water partition coefficient (Wildman–Crippen LogP) is 12.2. The van der Waals surface area contributed by atoms with Crippen LogP contribution in [-0.2, 0) is 0 Å². The van der Waals surface area contributed by atoms with E-state index < -0.39 is 0 Å². The summed E-state index contributed by atoms with van der Waals surface area (Å²) in [7, 11) is 0. The van der Waals surface area contributed by atoms with Crippen LogP contribution in [0.3, 0.4) is 0 Å². The molecule has 0 saturated heterocycles. The van der Waals surface area contributed by atoms with E-state index in [0.29, 0.717) is 0 Å². The standard InChI is InChI=1S/C44H30N2/c1-4-13-31(14-5-1)34-26-28-39-43(29-34)46(36-18-8-3-9-19-36)42-22-12-21-41(44(39)42)45(35-16-6-2-7-17-35)37-27-25-33-24-23-32-15-10-11-20-38(32)40(33)30-37/h1-30H. The first-order chi connectivity index (χ1) is 22.8. The van der Waals surface area contributed by atoms with Crippen molar-refractivity contribution < 1.29 is 0 Å². The molecule has 0 atom stereocenters. The second-order valence-electron chi connectivity index (χ2n) is 11.8. The van der Waals surface area contributed by atoms with Crippen LogP contribution < -0.4 is 4.90 Å². The minimum atomic E-state index is 1.12. The molecular formula is C44H30N2. The molecule has 0 bridgehead atoms. The molecular weight excluding hydrogens is 556 g/mol. The Balaban J connectivity index is 1.36. The van der Waals surface area contributed by atoms with Gasteiger partial charge in [0.15, 0.2) is 0 Å². The molecule has 0 N–H and O–H groups in total. The summed E-state index contributed by atoms with van der Waals surface area (Å²) in [6, 6.07) is 65.7. The fraction of sp³-hybridized carbons (Fsp3) is 0. The number of hydrogen-bond donors (Lipinski definition) is 0. The highest BCUT2D eigenvalue weighted by Crippen LogP contribution is 2.45. The van der Waals surface area contributed by atoms with Crippen LogP contribution in [0, 0.1) is 0 Å². The van der Waals surface area contributed by atoms with Gasteiger partial charge in [0, 0.05) is 27.8 Å². The van der Waals surface area contributed by atoms with Gasteiger partial charge in [0.25, 0.3) is 0 Å². The van der Waals surface area contributed by atoms with E-state index in [4.69, 9.17) is 0 Å². The molecule has 0 aliphatic heterocycles. The topological polar surface area (TPSA) is 8.17 Å². The predicted molar refractivity (Wildman–Crippen MR) is 196 cm³/mol. The van der Waals surface area contributed by atoms with Crippen molar-refractivity contribution in [3.05, 3.63) is 182 Å². The molecule has 0 saturated carbocycles. The fourth-order valence-electron chi connectivity index (χ4n) is 7.03. The Morgan fingerprint density at radius 3 is 1.85 bits per heavy atom. The lowest BCUT2D eigenvalue weighted by Crippen LogP contribution is -2.10. The molecule has 216 valence electrons. The lowest BCUT2D eigenvalue weighted by Gasteiger charge is -2.27. The Morgan fingerprint density at radius 1 is 0.370 bits per heavy atom. The van der Waals surface area contributed by atoms with Crippen molar-refractivity contribution in [3.8, 4) is 16.8 Å². The minimum Gasteiger partial charge on any atom is -0.310 e. The third-order valence-electron chi connectivity index (χ3n) is 9.13. The molecule has 0 spiro atoms. The van der Waals surface area contributed by atoms with Gasteiger partial charge in [0.1, 0.15) is 0 Å². The average Bonchev–Trinajstić information content (AvgIpc) is 3.47. The van der Waals surface area contributed by atoms with Gasteiger partial charge in [-0.3, -0.25) is 0 Å². The SMILES string of the molecule is c1ccc(-c2ccc3c4c(N(c5ccccc5)c5ccc6ccc7ccccc7c6c5)cccc4n(-c4ccccc4)c3c2)cc1. The Kier molecular flexibility index (Phi) is 6.17. The molecule has 2 heteroatoms. The van der Waals surface area contributed by atoms with Gasteiger partial charge in [-0.15, -0.1) is 0 Å². The van der Waals surface area contributed by atoms with Crippen molar-refractivity contribution in [2.75, 3.05) is 4.90 Å². The van der Waals surface area contributed by atoms with Gasteiger partial charge >= 0.3 is 0 Å². The molecule has 9 aromatic rings. The van der Waals surface area contributed by atoms with E-state index in [-0.39, 0.29) is 0 Å². The van der Waals surface area contributed by atoms with Crippen molar-refractivity contribution in [3.63, 3.8) is 0 Å². The largest absolute Gasteiger partial charge is 0.310 e. The Hall–Kier alpha value is -6.12. The highest BCUT2D eigenvalue weighted by Gasteiger charge is 2.21. The van der Waals surface area contributed by atoms with Crippen LogP contribution in [0.2, 0.25) is 0 Å². The van der Waals surface area contributed by atoms with Crippen LogP contribution in [0.1, 0.15) is 0 Å². The van der Waals surface area contributed by atoms with Crippen LogP contribution in [-0.4, -0.2) is 4.57 Å². The number of para-hydroxylation sites is 2. The summed E-state index contributed by atoms with van der Waals surface area (Å²) in [6.45, 7) is 0. The quantitative estimate of drug-likeness (QED) is 0.182. The highest BCUT2D eigenvalue weighted by molar-refractivity contribution is 6.17. The van der Waals surface area contributed by atoms with E-state index in [1.54, 1.807) is 0 Å². The van der Waals surface area contributed by atoms with Crippen molar-refractivity contribution in [1.82, 2.24) is 4.57 Å². The molecule has 0 amide bonds. The summed E-state index contributed by atoms with van der Waals surface area (Å²) in [4.78, 5) is 2.42. The molecule has 0 fully saturated rings. The lowest BCUT2D eigenvalue weighted by molar-refractivity contribution is 1.18. The number of rotatable bonds is 5. The molecule has 46 heavy (non-hydrogen) atoms. The average molecular weight is 587 g/mol. The molecule has 0 aliphatic rings. The number of hydrogen-bond acceptors (Lipinski definition) is 1. The van der Waals surface area contributed by atoms with Crippen LogP contribution in [0.15, 0.2) is 182 Å². The summed E-state index contributed by atoms with van der Waals surface area (Å²) in [6.07, 6.45) is 0. The summed E-state index contributed by atoms with van der Waals surface area (Å²) < 4.78 is 2.41. The van der Waals surface area contributed by atoms with E-state index in [9.17, 15) is 0 Å². The lowest BCUT2D eigenvalue weighted by atomic mass is 10.0. The second kappa shape index (κ2) is 10.8. The summed E-state index contributed by atoms with van der Waals surface area (Å²) in [5, 5.41) is 7.46. The maximum atomic E-state index is 2.42. The molecule has 0 unspecified atom stereocenters. The Labute approximate surface area is 268 Å². The van der Waals surface area contributed by atoms with Gasteiger partial charge in [-0.25, -0.2) is 0 Å². The number of fused-ring (bicyclic) bond motifs is 6. The van der Waals surface area contributed by atoms with Crippen molar-refractivity contribution >= 4 is 60.4 Å². The monoisotopic (exact) mass is 586 g/mol. The number of benzene rings is 8. The van der Waals surface area contributed by atoms with E-state index in [2.05, 4.69) is 191 Å². The van der Waals surface area contributed by atoms with Crippen molar-refractivity contribution in [2.24, 2.45) is 0 Å². The molecule has 8 aromatic carbocycles. The third-order valence-corrected chi connectivity index (χ3v) is 9.13. The molecule has 9 rings (SSSR count). The summed E-state index contributed by atoms with van der Waals surface area (Å²) in [5.74, 6) is 0. The van der Waals surface area contributed by atoms with E-state index in [0.717, 1.165) is 22.7 Å². The highest BCUT2D eigenvalue weighted by atomic mass is 15.1. The number of anilines is 3. The smallest absolute Gasteiger partial charge is 0.0562 e. The van der Waals surface area contributed by atoms with Gasteiger partial charge in [-0.2, -0.15) is 0 Å². The van der Waals surface area contributed by atoms with Gasteiger partial charge in [0.2, 0.25) is 0 Å². The minimum absolute atomic E-state index is 1.12. The first kappa shape index (κ1) is 26.3. The van der Waals surface area contributed by atoms with Crippen LogP contribution in [0.4, 0.5) is 17.1 Å². The Morgan fingerprint density at radius 2 is 1.04 bits per heavy atom. The van der Waals surface area contributed by atoms with E-state index >= 15 is 0 Å². The van der Waals surface area contributed by atoms with Gasteiger partial charge in [0.05, 0.1) is 16.7 Å². The maximum Gasteiger partial charge on any atom is 0.0562 e. The summed E-state index contributed by atoms with van der Waals surface area (Å²) >= 11 is 0. The van der Waals surface area contributed by atoms with Crippen LogP contribution >= 0.6 is 0 Å². The van der Waals surface area contributed by atoms with E-state index in [1.807, 2.05) is 0 Å². The zero-order chi connectivity index (χ0) is 30.5. The van der Waals surface area contributed by atoms with Gasteiger partial charge in [-0.1, -0.05) is 127 Å². The Bertz CT molecular complexity index is 2510. The molecule has 0 radical (unpaired) electrons. The van der Waals surface area contributed by atoms with Gasteiger partial charge < -0.3 is 9.47 Å². The summed E-state index contributed by atoms with van der Waals surface area (Å²) in [5.41, 5.74) is 9.33. The molecule has 0 aliphatic carbocycles. The number of aromatic nitrogens is 1. The maximum absolute atomic E-state index is 2.42. The van der Waals surface area contributed by atoms with Crippen LogP contribution in [0.25, 0.3) is 60.2 Å². The first-order valence-corrected chi connectivity index (χ1v) is 15.8. The van der Waals surface area contributed by atoms with E-state index in [1.165, 1.54) is 54.5 Å². The molecule has 2 nitrogen and oxygen atoms in total. The molecule has 1 heterocycles. The third kappa shape index (κ3) is 4.27. The zero-order valence-corrected chi connectivity index (χ0v) is 25.2. The van der Waals surface area contributed by atoms with Crippen LogP contribution in [0.5, 0.6) is 0 Å². The fourth-order valence-corrected chi connectivity index (χ4v) is 7.03. The van der Waals surface area contributed by atoms with Gasteiger partial charge in [-0.05, 0) is 87.3 Å². The van der Waals surface area contributed by atoms with Crippen molar-refractivity contribution in [2.45, 2.75) is 0 Å². The second-order valence-corrected chi connectivity index (χ2v) is 11.8. The van der Waals surface area contributed by atoms with Crippen molar-refractivity contribution in [1.29, 1.82) is 0 Å². The molecule has 1 aromatic heterocycles. The zero-order valence-electron chi connectivity index (χ0n) is 25.2. The number of nitrogens with zero attached hydrogens (tertiary/aromatic N) is 2.